The number of hydrogen-bond donors (Lipinski definition) is 3. The third-order valence-corrected chi connectivity index (χ3v) is 3.36. The summed E-state index contributed by atoms with van der Waals surface area (Å²) >= 11 is 1.25. The molecule has 1 aromatic rings. The summed E-state index contributed by atoms with van der Waals surface area (Å²) in [6, 6.07) is 1.77. The van der Waals surface area contributed by atoms with Crippen molar-refractivity contribution in [3.8, 4) is 0 Å². The molecule has 0 saturated carbocycles. The molecule has 1 rings (SSSR count). The number of carboxylic acid groups (broad SMARTS) is 1. The van der Waals surface area contributed by atoms with Gasteiger partial charge in [-0.1, -0.05) is 0 Å². The highest BCUT2D eigenvalue weighted by Crippen LogP contribution is 2.21. The van der Waals surface area contributed by atoms with Gasteiger partial charge in [0.15, 0.2) is 0 Å². The molecule has 0 unspecified atom stereocenters. The van der Waals surface area contributed by atoms with E-state index in [1.807, 2.05) is 20.8 Å². The summed E-state index contributed by atoms with van der Waals surface area (Å²) in [6.45, 7) is 6.42. The molecule has 0 bridgehead atoms. The van der Waals surface area contributed by atoms with E-state index in [1.54, 1.807) is 6.07 Å². The normalized spacial score (nSPS) is 10.7. The van der Waals surface area contributed by atoms with Gasteiger partial charge in [-0.15, -0.1) is 11.3 Å². The van der Waals surface area contributed by atoms with Crippen LogP contribution in [0.4, 0.5) is 0 Å². The van der Waals surface area contributed by atoms with Crippen LogP contribution in [0.3, 0.4) is 0 Å². The Balaban J connectivity index is 2.44. The number of carbonyl (C=O) groups is 2. The van der Waals surface area contributed by atoms with Gasteiger partial charge in [-0.25, -0.2) is 4.79 Å². The molecule has 0 aliphatic rings. The van der Waals surface area contributed by atoms with Gasteiger partial charge in [0.1, 0.15) is 4.88 Å². The molecule has 0 atom stereocenters. The van der Waals surface area contributed by atoms with Crippen LogP contribution >= 0.6 is 11.3 Å². The van der Waals surface area contributed by atoms with E-state index in [0.29, 0.717) is 11.4 Å². The third-order valence-electron chi connectivity index (χ3n) is 2.28. The van der Waals surface area contributed by atoms with Gasteiger partial charge in [0, 0.05) is 17.5 Å². The van der Waals surface area contributed by atoms with Gasteiger partial charge < -0.3 is 15.7 Å². The fraction of sp³-hybridized carbons (Fsp3) is 0.500. The van der Waals surface area contributed by atoms with Crippen LogP contribution in [0.2, 0.25) is 0 Å². The molecule has 100 valence electrons. The Morgan fingerprint density at radius 2 is 2.11 bits per heavy atom. The molecular weight excluding hydrogens is 252 g/mol. The molecule has 0 spiro atoms. The summed E-state index contributed by atoms with van der Waals surface area (Å²) in [7, 11) is 0. The molecule has 1 heterocycles. The van der Waals surface area contributed by atoms with E-state index in [-0.39, 0.29) is 18.5 Å². The van der Waals surface area contributed by atoms with E-state index in [9.17, 15) is 9.59 Å². The van der Waals surface area contributed by atoms with Crippen LogP contribution in [0.15, 0.2) is 6.07 Å². The van der Waals surface area contributed by atoms with Gasteiger partial charge in [0.25, 0.3) is 0 Å². The predicted octanol–water partition coefficient (Wildman–Crippen LogP) is 1.37. The highest BCUT2D eigenvalue weighted by atomic mass is 32.1. The first-order valence-corrected chi connectivity index (χ1v) is 6.54. The lowest BCUT2D eigenvalue weighted by Gasteiger charge is -2.08. The van der Waals surface area contributed by atoms with Crippen LogP contribution in [0, 0.1) is 6.92 Å². The number of hydrogen-bond acceptors (Lipinski definition) is 4. The first-order valence-electron chi connectivity index (χ1n) is 5.73. The number of aromatic carboxylic acids is 1. The second-order valence-electron chi connectivity index (χ2n) is 4.32. The summed E-state index contributed by atoms with van der Waals surface area (Å²) in [5, 5.41) is 14.6. The van der Waals surface area contributed by atoms with Gasteiger partial charge in [-0.2, -0.15) is 0 Å². The molecule has 5 nitrogen and oxygen atoms in total. The lowest BCUT2D eigenvalue weighted by molar-refractivity contribution is -0.120. The van der Waals surface area contributed by atoms with Crippen LogP contribution in [0.1, 0.15) is 34.0 Å². The number of amides is 1. The van der Waals surface area contributed by atoms with E-state index >= 15 is 0 Å². The van der Waals surface area contributed by atoms with Crippen LogP contribution in [0.25, 0.3) is 0 Å². The summed E-state index contributed by atoms with van der Waals surface area (Å²) in [4.78, 5) is 23.5. The summed E-state index contributed by atoms with van der Waals surface area (Å²) in [6.07, 6.45) is 0. The van der Waals surface area contributed by atoms with Crippen molar-refractivity contribution in [3.63, 3.8) is 0 Å². The van der Waals surface area contributed by atoms with E-state index in [0.717, 1.165) is 10.4 Å². The predicted molar refractivity (Wildman–Crippen MR) is 71.0 cm³/mol. The Kier molecular flexibility index (Phi) is 5.30. The Morgan fingerprint density at radius 1 is 1.44 bits per heavy atom. The van der Waals surface area contributed by atoms with E-state index in [4.69, 9.17) is 5.11 Å². The average molecular weight is 270 g/mol. The standard InChI is InChI=1S/C12H18N2O3S/c1-7(2)14-11(15)6-13-5-9-4-10(12(16)17)18-8(9)3/h4,7,13H,5-6H2,1-3H3,(H,14,15)(H,16,17). The molecule has 0 aliphatic carbocycles. The Bertz CT molecular complexity index is 441. The van der Waals surface area contributed by atoms with Gasteiger partial charge in [0.05, 0.1) is 6.54 Å². The lowest BCUT2D eigenvalue weighted by Crippen LogP contribution is -2.37. The molecule has 18 heavy (non-hydrogen) atoms. The largest absolute Gasteiger partial charge is 0.477 e. The third kappa shape index (κ3) is 4.46. The maximum Gasteiger partial charge on any atom is 0.345 e. The van der Waals surface area contributed by atoms with Crippen molar-refractivity contribution >= 4 is 23.2 Å². The summed E-state index contributed by atoms with van der Waals surface area (Å²) < 4.78 is 0. The quantitative estimate of drug-likeness (QED) is 0.729. The Hall–Kier alpha value is -1.40. The van der Waals surface area contributed by atoms with Crippen LogP contribution in [-0.2, 0) is 11.3 Å². The highest BCUT2D eigenvalue weighted by molar-refractivity contribution is 7.14. The zero-order valence-corrected chi connectivity index (χ0v) is 11.6. The molecule has 0 radical (unpaired) electrons. The van der Waals surface area contributed by atoms with Crippen molar-refractivity contribution in [2.75, 3.05) is 6.54 Å². The van der Waals surface area contributed by atoms with Gasteiger partial charge in [-0.3, -0.25) is 4.79 Å². The van der Waals surface area contributed by atoms with Gasteiger partial charge in [-0.05, 0) is 32.4 Å². The number of nitrogens with one attached hydrogen (secondary N) is 2. The van der Waals surface area contributed by atoms with Crippen LogP contribution in [0.5, 0.6) is 0 Å². The molecular formula is C12H18N2O3S. The summed E-state index contributed by atoms with van der Waals surface area (Å²) in [5.41, 5.74) is 0.926. The molecule has 6 heteroatoms. The molecule has 0 aliphatic heterocycles. The maximum absolute atomic E-state index is 11.4. The average Bonchev–Trinajstić information content (AvgIpc) is 2.59. The smallest absolute Gasteiger partial charge is 0.345 e. The molecule has 0 fully saturated rings. The minimum Gasteiger partial charge on any atom is -0.477 e. The van der Waals surface area contributed by atoms with Crippen LogP contribution < -0.4 is 10.6 Å². The molecule has 3 N–H and O–H groups in total. The van der Waals surface area contributed by atoms with Crippen molar-refractivity contribution in [2.45, 2.75) is 33.4 Å². The first-order chi connectivity index (χ1) is 8.40. The summed E-state index contributed by atoms with van der Waals surface area (Å²) in [5.74, 6) is -0.969. The highest BCUT2D eigenvalue weighted by Gasteiger charge is 2.11. The zero-order chi connectivity index (χ0) is 13.7. The lowest BCUT2D eigenvalue weighted by atomic mass is 10.2. The zero-order valence-electron chi connectivity index (χ0n) is 10.7. The van der Waals surface area contributed by atoms with Gasteiger partial charge in [0.2, 0.25) is 5.91 Å². The second kappa shape index (κ2) is 6.51. The fourth-order valence-corrected chi connectivity index (χ4v) is 2.36. The van der Waals surface area contributed by atoms with E-state index in [1.165, 1.54) is 11.3 Å². The first kappa shape index (κ1) is 14.7. The number of carbonyl (C=O) groups excluding carboxylic acids is 1. The maximum atomic E-state index is 11.4. The fourth-order valence-electron chi connectivity index (χ4n) is 1.48. The minimum absolute atomic E-state index is 0.0589. The van der Waals surface area contributed by atoms with Crippen molar-refractivity contribution in [2.24, 2.45) is 0 Å². The second-order valence-corrected chi connectivity index (χ2v) is 5.58. The van der Waals surface area contributed by atoms with E-state index < -0.39 is 5.97 Å². The minimum atomic E-state index is -0.910. The molecule has 1 amide bonds. The topological polar surface area (TPSA) is 78.4 Å². The van der Waals surface area contributed by atoms with Crippen molar-refractivity contribution in [1.82, 2.24) is 10.6 Å². The number of aryl methyl sites for hydroxylation is 1. The van der Waals surface area contributed by atoms with Crippen molar-refractivity contribution in [1.29, 1.82) is 0 Å². The van der Waals surface area contributed by atoms with Crippen molar-refractivity contribution in [3.05, 3.63) is 21.4 Å². The number of carboxylic acids is 1. The molecule has 1 aromatic heterocycles. The Morgan fingerprint density at radius 3 is 2.61 bits per heavy atom. The van der Waals surface area contributed by atoms with Gasteiger partial charge >= 0.3 is 5.97 Å². The monoisotopic (exact) mass is 270 g/mol. The number of thiophene rings is 1. The molecule has 0 saturated heterocycles. The van der Waals surface area contributed by atoms with Crippen LogP contribution in [-0.4, -0.2) is 29.6 Å². The Labute approximate surface area is 110 Å². The van der Waals surface area contributed by atoms with Crippen molar-refractivity contribution < 1.29 is 14.7 Å². The molecule has 0 aromatic carbocycles. The van der Waals surface area contributed by atoms with E-state index in [2.05, 4.69) is 10.6 Å². The number of rotatable bonds is 6. The SMILES string of the molecule is Cc1sc(C(=O)O)cc1CNCC(=O)NC(C)C.